The molecule has 0 radical (unpaired) electrons. The fourth-order valence-electron chi connectivity index (χ4n) is 1.77. The normalized spacial score (nSPS) is 24.1. The summed E-state index contributed by atoms with van der Waals surface area (Å²) in [5.74, 6) is -0.0633. The second-order valence-corrected chi connectivity index (χ2v) is 3.98. The van der Waals surface area contributed by atoms with E-state index in [0.29, 0.717) is 12.0 Å². The van der Waals surface area contributed by atoms with Crippen LogP contribution in [-0.4, -0.2) is 23.2 Å². The minimum Gasteiger partial charge on any atom is -0.389 e. The Hall–Kier alpha value is -1.61. The number of aliphatic hydroxyl groups is 1. The molecule has 0 saturated heterocycles. The van der Waals surface area contributed by atoms with Crippen molar-refractivity contribution in [2.24, 2.45) is 0 Å². The van der Waals surface area contributed by atoms with Crippen molar-refractivity contribution < 1.29 is 9.90 Å². The summed E-state index contributed by atoms with van der Waals surface area (Å²) in [5, 5.41) is 12.2. The Morgan fingerprint density at radius 1 is 1.19 bits per heavy atom. The van der Waals surface area contributed by atoms with Gasteiger partial charge in [0.2, 0.25) is 0 Å². The molecule has 84 valence electrons. The standard InChI is InChI=1S/C13H15NO2/c15-12-8-6-11(7-9-12)14-13(16)10-4-2-1-3-5-10/h1-6,8,11-12,15H,7,9H2,(H,14,16). The molecule has 0 spiro atoms. The van der Waals surface area contributed by atoms with Crippen LogP contribution in [0.1, 0.15) is 23.2 Å². The van der Waals surface area contributed by atoms with Crippen molar-refractivity contribution in [3.63, 3.8) is 0 Å². The average Bonchev–Trinajstić information content (AvgIpc) is 2.33. The molecule has 2 N–H and O–H groups in total. The molecule has 0 aliphatic heterocycles. The first-order valence-corrected chi connectivity index (χ1v) is 5.48. The lowest BCUT2D eigenvalue weighted by molar-refractivity contribution is 0.0936. The molecule has 0 heterocycles. The molecule has 1 aliphatic rings. The summed E-state index contributed by atoms with van der Waals surface area (Å²) in [6.07, 6.45) is 4.73. The number of carbonyl (C=O) groups excluding carboxylic acids is 1. The predicted octanol–water partition coefficient (Wildman–Crippen LogP) is 1.50. The van der Waals surface area contributed by atoms with Crippen LogP contribution >= 0.6 is 0 Å². The minimum absolute atomic E-state index is 0.0381. The van der Waals surface area contributed by atoms with E-state index < -0.39 is 0 Å². The number of rotatable bonds is 2. The molecule has 3 heteroatoms. The summed E-state index contributed by atoms with van der Waals surface area (Å²) in [7, 11) is 0. The molecule has 1 aromatic carbocycles. The first kappa shape index (κ1) is 10.9. The van der Waals surface area contributed by atoms with E-state index in [1.807, 2.05) is 24.3 Å². The molecule has 0 aromatic heterocycles. The molecule has 1 amide bonds. The van der Waals surface area contributed by atoms with E-state index in [4.69, 9.17) is 0 Å². The van der Waals surface area contributed by atoms with Gasteiger partial charge < -0.3 is 10.4 Å². The fraction of sp³-hybridized carbons (Fsp3) is 0.308. The third-order valence-corrected chi connectivity index (χ3v) is 2.69. The van der Waals surface area contributed by atoms with Crippen LogP contribution in [0.15, 0.2) is 42.5 Å². The van der Waals surface area contributed by atoms with Gasteiger partial charge in [0.05, 0.1) is 6.10 Å². The van der Waals surface area contributed by atoms with Gasteiger partial charge in [-0.1, -0.05) is 30.4 Å². The van der Waals surface area contributed by atoms with Crippen molar-refractivity contribution in [2.45, 2.75) is 25.0 Å². The van der Waals surface area contributed by atoms with Crippen molar-refractivity contribution in [2.75, 3.05) is 0 Å². The molecular formula is C13H15NO2. The van der Waals surface area contributed by atoms with Crippen LogP contribution in [0.25, 0.3) is 0 Å². The van der Waals surface area contributed by atoms with E-state index in [1.165, 1.54) is 0 Å². The Morgan fingerprint density at radius 3 is 2.56 bits per heavy atom. The Labute approximate surface area is 94.8 Å². The topological polar surface area (TPSA) is 49.3 Å². The summed E-state index contributed by atoms with van der Waals surface area (Å²) in [4.78, 5) is 11.8. The van der Waals surface area contributed by atoms with Crippen LogP contribution in [0.5, 0.6) is 0 Å². The van der Waals surface area contributed by atoms with Gasteiger partial charge >= 0.3 is 0 Å². The van der Waals surface area contributed by atoms with Crippen LogP contribution in [0.2, 0.25) is 0 Å². The van der Waals surface area contributed by atoms with Crippen molar-refractivity contribution >= 4 is 5.91 Å². The first-order valence-electron chi connectivity index (χ1n) is 5.48. The van der Waals surface area contributed by atoms with Crippen LogP contribution < -0.4 is 5.32 Å². The molecule has 1 aliphatic carbocycles. The Kier molecular flexibility index (Phi) is 3.37. The highest BCUT2D eigenvalue weighted by Gasteiger charge is 2.16. The maximum absolute atomic E-state index is 11.8. The third-order valence-electron chi connectivity index (χ3n) is 2.69. The Morgan fingerprint density at radius 2 is 1.94 bits per heavy atom. The maximum Gasteiger partial charge on any atom is 0.251 e. The van der Waals surface area contributed by atoms with Crippen LogP contribution in [0.3, 0.4) is 0 Å². The Bertz CT molecular complexity index is 386. The summed E-state index contributed by atoms with van der Waals surface area (Å²) in [6.45, 7) is 0. The van der Waals surface area contributed by atoms with Gasteiger partial charge in [-0.25, -0.2) is 0 Å². The highest BCUT2D eigenvalue weighted by Crippen LogP contribution is 2.11. The molecule has 2 unspecified atom stereocenters. The second kappa shape index (κ2) is 4.94. The maximum atomic E-state index is 11.8. The number of aliphatic hydroxyl groups excluding tert-OH is 1. The number of hydrogen-bond acceptors (Lipinski definition) is 2. The zero-order chi connectivity index (χ0) is 11.4. The zero-order valence-corrected chi connectivity index (χ0v) is 8.97. The fourth-order valence-corrected chi connectivity index (χ4v) is 1.77. The SMILES string of the molecule is O=C(NC1C=CC(O)CC1)c1ccccc1. The molecule has 16 heavy (non-hydrogen) atoms. The highest BCUT2D eigenvalue weighted by atomic mass is 16.3. The van der Waals surface area contributed by atoms with Gasteiger partial charge in [0, 0.05) is 11.6 Å². The van der Waals surface area contributed by atoms with Crippen molar-refractivity contribution in [1.82, 2.24) is 5.32 Å². The number of amides is 1. The molecule has 1 aromatic rings. The largest absolute Gasteiger partial charge is 0.389 e. The van der Waals surface area contributed by atoms with Gasteiger partial charge in [0.1, 0.15) is 0 Å². The monoisotopic (exact) mass is 217 g/mol. The molecule has 0 bridgehead atoms. The number of carbonyl (C=O) groups is 1. The van der Waals surface area contributed by atoms with Gasteiger partial charge in [0.15, 0.2) is 0 Å². The molecule has 3 nitrogen and oxygen atoms in total. The van der Waals surface area contributed by atoms with Crippen LogP contribution in [-0.2, 0) is 0 Å². The molecule has 2 rings (SSSR count). The van der Waals surface area contributed by atoms with Crippen molar-refractivity contribution in [3.05, 3.63) is 48.0 Å². The second-order valence-electron chi connectivity index (χ2n) is 3.98. The lowest BCUT2D eigenvalue weighted by Gasteiger charge is -2.20. The van der Waals surface area contributed by atoms with Gasteiger partial charge in [-0.05, 0) is 25.0 Å². The average molecular weight is 217 g/mol. The first-order chi connectivity index (χ1) is 7.75. The van der Waals surface area contributed by atoms with Gasteiger partial charge in [-0.15, -0.1) is 0 Å². The molecule has 0 fully saturated rings. The van der Waals surface area contributed by atoms with Gasteiger partial charge in [-0.3, -0.25) is 4.79 Å². The number of benzene rings is 1. The predicted molar refractivity (Wildman–Crippen MR) is 62.1 cm³/mol. The summed E-state index contributed by atoms with van der Waals surface area (Å²) < 4.78 is 0. The minimum atomic E-state index is -0.357. The van der Waals surface area contributed by atoms with E-state index in [1.54, 1.807) is 18.2 Å². The quantitative estimate of drug-likeness (QED) is 0.737. The van der Waals surface area contributed by atoms with Crippen LogP contribution in [0.4, 0.5) is 0 Å². The van der Waals surface area contributed by atoms with E-state index >= 15 is 0 Å². The van der Waals surface area contributed by atoms with Gasteiger partial charge in [0.25, 0.3) is 5.91 Å². The number of nitrogens with one attached hydrogen (secondary N) is 1. The lowest BCUT2D eigenvalue weighted by Crippen LogP contribution is -2.35. The van der Waals surface area contributed by atoms with Crippen LogP contribution in [0, 0.1) is 0 Å². The van der Waals surface area contributed by atoms with Crippen molar-refractivity contribution in [3.8, 4) is 0 Å². The smallest absolute Gasteiger partial charge is 0.251 e. The molecule has 2 atom stereocenters. The zero-order valence-electron chi connectivity index (χ0n) is 8.97. The molecular weight excluding hydrogens is 202 g/mol. The van der Waals surface area contributed by atoms with E-state index in [9.17, 15) is 9.90 Å². The van der Waals surface area contributed by atoms with Crippen molar-refractivity contribution in [1.29, 1.82) is 0 Å². The number of hydrogen-bond donors (Lipinski definition) is 2. The highest BCUT2D eigenvalue weighted by molar-refractivity contribution is 5.94. The van der Waals surface area contributed by atoms with E-state index in [2.05, 4.69) is 5.32 Å². The summed E-state index contributed by atoms with van der Waals surface area (Å²) in [5.41, 5.74) is 0.669. The van der Waals surface area contributed by atoms with Gasteiger partial charge in [-0.2, -0.15) is 0 Å². The third kappa shape index (κ3) is 2.70. The summed E-state index contributed by atoms with van der Waals surface area (Å²) in [6, 6.07) is 9.18. The Balaban J connectivity index is 1.96. The molecule has 0 saturated carbocycles. The van der Waals surface area contributed by atoms with E-state index in [0.717, 1.165) is 6.42 Å². The van der Waals surface area contributed by atoms with E-state index in [-0.39, 0.29) is 18.1 Å². The lowest BCUT2D eigenvalue weighted by atomic mass is 10.0. The summed E-state index contributed by atoms with van der Waals surface area (Å²) >= 11 is 0.